The summed E-state index contributed by atoms with van der Waals surface area (Å²) in [6, 6.07) is 0. The third-order valence-electron chi connectivity index (χ3n) is 14.8. The summed E-state index contributed by atoms with van der Waals surface area (Å²) in [6.45, 7) is 15.7. The van der Waals surface area contributed by atoms with Crippen molar-refractivity contribution in [2.45, 2.75) is 180 Å². The zero-order valence-electron chi connectivity index (χ0n) is 33.7. The number of aliphatic hydroxyl groups is 2. The summed E-state index contributed by atoms with van der Waals surface area (Å²) >= 11 is 0. The third kappa shape index (κ3) is 7.36. The highest BCUT2D eigenvalue weighted by Crippen LogP contribution is 2.68. The van der Waals surface area contributed by atoms with Crippen LogP contribution in [0.15, 0.2) is 23.3 Å². The van der Waals surface area contributed by atoms with E-state index in [4.69, 9.17) is 33.2 Å². The van der Waals surface area contributed by atoms with Crippen LogP contribution in [-0.4, -0.2) is 103 Å². The molecule has 0 aromatic rings. The van der Waals surface area contributed by atoms with Gasteiger partial charge in [0.05, 0.1) is 36.1 Å². The highest BCUT2D eigenvalue weighted by Gasteiger charge is 2.71. The maximum Gasteiger partial charge on any atom is 0.330 e. The number of allylic oxidation sites excluding steroid dienone is 2. The van der Waals surface area contributed by atoms with Gasteiger partial charge in [0.1, 0.15) is 24.1 Å². The van der Waals surface area contributed by atoms with Gasteiger partial charge in [0.25, 0.3) is 0 Å². The molecule has 11 nitrogen and oxygen atoms in total. The summed E-state index contributed by atoms with van der Waals surface area (Å²) < 4.78 is 43.2. The van der Waals surface area contributed by atoms with Crippen LogP contribution in [0.3, 0.4) is 0 Å². The molecule has 4 aliphatic carbocycles. The van der Waals surface area contributed by atoms with Gasteiger partial charge in [-0.05, 0) is 95.8 Å². The fraction of sp³-hybridized carbons (Fsp3) is 0.857. The van der Waals surface area contributed by atoms with Gasteiger partial charge in [-0.25, -0.2) is 4.79 Å². The number of hydrogen-bond donors (Lipinski definition) is 2. The number of rotatable bonds is 10. The second-order valence-electron chi connectivity index (χ2n) is 17.9. The molecule has 3 saturated carbocycles. The SMILES string of the molecule is CO[C@H]1C[C@H](O[C@H]2CC[C@@]3(C)C(=CC[C@@H]4[C@@H]3C[C@@H](OC(=O)/C=C(\C)C(C)C)[C@]3(C)[C@H](C(C)=O)CC[C@]43O)C2)O[C@H](C)[C@H]1O[C@H]1C[C@@H](OC)[C@H](O)[C@@H](C)O1. The Bertz CT molecular complexity index is 1410. The Kier molecular flexibility index (Phi) is 12.1. The highest BCUT2D eigenvalue weighted by molar-refractivity contribution is 5.83. The molecule has 6 rings (SSSR count). The number of methoxy groups -OCH3 is 2. The summed E-state index contributed by atoms with van der Waals surface area (Å²) in [6.07, 6.45) is 5.57. The van der Waals surface area contributed by atoms with Crippen LogP contribution >= 0.6 is 0 Å². The smallest absolute Gasteiger partial charge is 0.330 e. The van der Waals surface area contributed by atoms with Crippen molar-refractivity contribution in [2.75, 3.05) is 14.2 Å². The molecule has 300 valence electrons. The van der Waals surface area contributed by atoms with Crippen molar-refractivity contribution < 1.29 is 53.0 Å². The Hall–Kier alpha value is -1.70. The van der Waals surface area contributed by atoms with E-state index in [0.29, 0.717) is 32.1 Å². The fourth-order valence-electron chi connectivity index (χ4n) is 11.2. The number of esters is 1. The van der Waals surface area contributed by atoms with Crippen molar-refractivity contribution in [1.82, 2.24) is 0 Å². The maximum absolute atomic E-state index is 13.4. The molecule has 0 amide bonds. The summed E-state index contributed by atoms with van der Waals surface area (Å²) in [4.78, 5) is 26.5. The molecule has 2 heterocycles. The van der Waals surface area contributed by atoms with Gasteiger partial charge in [0, 0.05) is 44.5 Å². The minimum atomic E-state index is -1.13. The Morgan fingerprint density at radius 2 is 1.58 bits per heavy atom. The number of ketones is 1. The number of hydrogen-bond acceptors (Lipinski definition) is 11. The second-order valence-corrected chi connectivity index (χ2v) is 17.9. The lowest BCUT2D eigenvalue weighted by molar-refractivity contribution is -0.319. The van der Waals surface area contributed by atoms with E-state index in [2.05, 4.69) is 13.0 Å². The topological polar surface area (TPSA) is 139 Å². The average Bonchev–Trinajstić information content (AvgIpc) is 3.39. The zero-order chi connectivity index (χ0) is 38.6. The van der Waals surface area contributed by atoms with Gasteiger partial charge in [-0.15, -0.1) is 0 Å². The van der Waals surface area contributed by atoms with Crippen LogP contribution in [0.25, 0.3) is 0 Å². The van der Waals surface area contributed by atoms with E-state index in [9.17, 15) is 19.8 Å². The minimum Gasteiger partial charge on any atom is -0.458 e. The van der Waals surface area contributed by atoms with Crippen LogP contribution in [0.4, 0.5) is 0 Å². The molecular weight excluding hydrogens is 680 g/mol. The van der Waals surface area contributed by atoms with Crippen LogP contribution in [0.2, 0.25) is 0 Å². The summed E-state index contributed by atoms with van der Waals surface area (Å²) in [5, 5.41) is 23.2. The van der Waals surface area contributed by atoms with Crippen LogP contribution < -0.4 is 0 Å². The molecular formula is C42H66O11. The Morgan fingerprint density at radius 1 is 0.925 bits per heavy atom. The van der Waals surface area contributed by atoms with Gasteiger partial charge >= 0.3 is 5.97 Å². The fourth-order valence-corrected chi connectivity index (χ4v) is 11.2. The molecule has 0 radical (unpaired) electrons. The summed E-state index contributed by atoms with van der Waals surface area (Å²) in [5.41, 5.74) is 0.0755. The third-order valence-corrected chi connectivity index (χ3v) is 14.8. The Morgan fingerprint density at radius 3 is 2.25 bits per heavy atom. The van der Waals surface area contributed by atoms with Gasteiger partial charge in [-0.2, -0.15) is 0 Å². The Balaban J connectivity index is 1.15. The number of aliphatic hydroxyl groups excluding tert-OH is 1. The molecule has 53 heavy (non-hydrogen) atoms. The van der Waals surface area contributed by atoms with E-state index in [1.807, 2.05) is 41.5 Å². The first-order chi connectivity index (χ1) is 25.0. The molecule has 6 aliphatic rings. The molecule has 0 aromatic carbocycles. The number of carbonyl (C=O) groups is 2. The van der Waals surface area contributed by atoms with Crippen LogP contribution in [-0.2, 0) is 42.7 Å². The first-order valence-electron chi connectivity index (χ1n) is 20.1. The van der Waals surface area contributed by atoms with Crippen LogP contribution in [0, 0.1) is 34.5 Å². The molecule has 0 bridgehead atoms. The van der Waals surface area contributed by atoms with E-state index in [1.165, 1.54) is 5.57 Å². The number of ether oxygens (including phenoxy) is 7. The number of Topliss-reactive ketones (excluding diaryl/α,β-unsaturated/α-hetero) is 1. The van der Waals surface area contributed by atoms with E-state index in [0.717, 1.165) is 31.3 Å². The highest BCUT2D eigenvalue weighted by atomic mass is 16.7. The van der Waals surface area contributed by atoms with Gasteiger partial charge < -0.3 is 43.4 Å². The molecule has 0 aromatic heterocycles. The largest absolute Gasteiger partial charge is 0.458 e. The molecule has 2 N–H and O–H groups in total. The molecule has 2 saturated heterocycles. The lowest BCUT2D eigenvalue weighted by Crippen LogP contribution is -2.66. The lowest BCUT2D eigenvalue weighted by Gasteiger charge is -2.63. The normalized spacial score (nSPS) is 47.3. The van der Waals surface area contributed by atoms with Crippen molar-refractivity contribution >= 4 is 11.8 Å². The van der Waals surface area contributed by atoms with E-state index in [1.54, 1.807) is 27.2 Å². The molecule has 16 atom stereocenters. The van der Waals surface area contributed by atoms with Gasteiger partial charge in [0.15, 0.2) is 12.6 Å². The average molecular weight is 747 g/mol. The van der Waals surface area contributed by atoms with E-state index < -0.39 is 47.9 Å². The van der Waals surface area contributed by atoms with Crippen molar-refractivity contribution in [2.24, 2.45) is 34.5 Å². The number of fused-ring (bicyclic) bond motifs is 5. The molecule has 0 unspecified atom stereocenters. The Labute approximate surface area is 316 Å². The van der Waals surface area contributed by atoms with Crippen LogP contribution in [0.1, 0.15) is 113 Å². The zero-order valence-corrected chi connectivity index (χ0v) is 33.7. The second kappa shape index (κ2) is 15.7. The van der Waals surface area contributed by atoms with Gasteiger partial charge in [0.2, 0.25) is 0 Å². The van der Waals surface area contributed by atoms with Crippen molar-refractivity contribution in [1.29, 1.82) is 0 Å². The van der Waals surface area contributed by atoms with Crippen molar-refractivity contribution in [3.05, 3.63) is 23.3 Å². The quantitative estimate of drug-likeness (QED) is 0.159. The number of carbonyl (C=O) groups excluding carboxylic acids is 2. The molecule has 5 fully saturated rings. The van der Waals surface area contributed by atoms with Gasteiger partial charge in [-0.3, -0.25) is 4.79 Å². The first-order valence-corrected chi connectivity index (χ1v) is 20.1. The molecule has 2 aliphatic heterocycles. The minimum absolute atomic E-state index is 0.0357. The summed E-state index contributed by atoms with van der Waals surface area (Å²) in [5.74, 6) is -0.443. The summed E-state index contributed by atoms with van der Waals surface area (Å²) in [7, 11) is 3.26. The van der Waals surface area contributed by atoms with Crippen molar-refractivity contribution in [3.8, 4) is 0 Å². The van der Waals surface area contributed by atoms with Crippen molar-refractivity contribution in [3.63, 3.8) is 0 Å². The van der Waals surface area contributed by atoms with E-state index in [-0.39, 0.29) is 65.4 Å². The molecule has 11 heteroatoms. The standard InChI is InChI=1S/C42H66O11/c1-22(2)23(3)17-35(44)52-34-19-31-30(42(46)16-14-29(24(4)43)41(34,42)8)12-11-27-18-28(13-15-40(27,31)7)51-36-21-33(48-10)39(26(6)50-36)53-37-20-32(47-9)38(45)25(5)49-37/h11,17,22,25-26,28-34,36-39,45-46H,12-16,18-21H2,1-10H3/b23-17+/t25-,26-,28+,29+,30-,31+,32-,33+,34-,36+,37+,38-,39-,40+,41+,42+/m1/s1. The molecule has 0 spiro atoms. The lowest BCUT2D eigenvalue weighted by atomic mass is 9.45. The van der Waals surface area contributed by atoms with Gasteiger partial charge in [-0.1, -0.05) is 44.9 Å². The van der Waals surface area contributed by atoms with E-state index >= 15 is 0 Å². The predicted molar refractivity (Wildman–Crippen MR) is 196 cm³/mol. The maximum atomic E-state index is 13.4. The monoisotopic (exact) mass is 746 g/mol. The first kappa shape index (κ1) is 40.9. The predicted octanol–water partition coefficient (Wildman–Crippen LogP) is 5.82. The van der Waals surface area contributed by atoms with Crippen LogP contribution in [0.5, 0.6) is 0 Å².